The number of aliphatic hydroxyl groups excluding tert-OH is 1. The highest BCUT2D eigenvalue weighted by molar-refractivity contribution is 5.93. The lowest BCUT2D eigenvalue weighted by atomic mass is 9.92. The van der Waals surface area contributed by atoms with Gasteiger partial charge in [0.1, 0.15) is 12.3 Å². The van der Waals surface area contributed by atoms with Gasteiger partial charge in [0, 0.05) is 30.9 Å². The Morgan fingerprint density at radius 1 is 1.34 bits per heavy atom. The summed E-state index contributed by atoms with van der Waals surface area (Å²) in [7, 11) is 1.96. The number of hydrogen-bond acceptors (Lipinski definition) is 6. The zero-order valence-electron chi connectivity index (χ0n) is 17.0. The van der Waals surface area contributed by atoms with Crippen molar-refractivity contribution in [1.29, 1.82) is 0 Å². The van der Waals surface area contributed by atoms with Gasteiger partial charge in [0.2, 0.25) is 0 Å². The van der Waals surface area contributed by atoms with Crippen LogP contribution in [0.15, 0.2) is 24.4 Å². The Labute approximate surface area is 171 Å². The molecule has 0 radical (unpaired) electrons. The molecule has 7 heteroatoms. The molecule has 1 aliphatic carbocycles. The van der Waals surface area contributed by atoms with Gasteiger partial charge in [0.15, 0.2) is 11.6 Å². The van der Waals surface area contributed by atoms with Crippen LogP contribution in [0.3, 0.4) is 0 Å². The number of pyridine rings is 2. The van der Waals surface area contributed by atoms with Crippen molar-refractivity contribution in [3.63, 3.8) is 0 Å². The largest absolute Gasteiger partial charge is 0.488 e. The molecule has 7 nitrogen and oxygen atoms in total. The Morgan fingerprint density at radius 3 is 2.93 bits per heavy atom. The number of anilines is 1. The third-order valence-electron chi connectivity index (χ3n) is 5.71. The van der Waals surface area contributed by atoms with Crippen molar-refractivity contribution in [2.75, 3.05) is 25.1 Å². The van der Waals surface area contributed by atoms with Gasteiger partial charge in [-0.25, -0.2) is 4.98 Å². The van der Waals surface area contributed by atoms with Crippen LogP contribution in [0.4, 0.5) is 5.82 Å². The number of aliphatic hydroxyl groups is 1. The van der Waals surface area contributed by atoms with Crippen LogP contribution in [0, 0.1) is 6.92 Å². The quantitative estimate of drug-likeness (QED) is 0.824. The van der Waals surface area contributed by atoms with E-state index >= 15 is 0 Å². The first-order chi connectivity index (χ1) is 14.0. The molecule has 2 aliphatic rings. The van der Waals surface area contributed by atoms with E-state index in [9.17, 15) is 9.90 Å². The Morgan fingerprint density at radius 2 is 2.17 bits per heavy atom. The fraction of sp³-hybridized carbons (Fsp3) is 0.500. The first kappa shape index (κ1) is 19.6. The molecule has 2 N–H and O–H groups in total. The Kier molecular flexibility index (Phi) is 5.67. The van der Waals surface area contributed by atoms with Crippen LogP contribution in [-0.2, 0) is 6.42 Å². The molecule has 1 aliphatic heterocycles. The topological polar surface area (TPSA) is 87.6 Å². The predicted molar refractivity (Wildman–Crippen MR) is 111 cm³/mol. The maximum atomic E-state index is 12.9. The van der Waals surface area contributed by atoms with Gasteiger partial charge < -0.3 is 20.1 Å². The fourth-order valence-corrected chi connectivity index (χ4v) is 3.97. The van der Waals surface area contributed by atoms with Crippen LogP contribution in [0.5, 0.6) is 5.75 Å². The number of hydrogen-bond donors (Lipinski definition) is 2. The molecule has 2 aromatic heterocycles. The summed E-state index contributed by atoms with van der Waals surface area (Å²) in [5, 5.41) is 13.2. The number of aryl methyl sites for hydroxylation is 1. The highest BCUT2D eigenvalue weighted by atomic mass is 16.5. The highest BCUT2D eigenvalue weighted by Crippen LogP contribution is 2.34. The summed E-state index contributed by atoms with van der Waals surface area (Å²) in [5.74, 6) is 1.16. The molecular formula is C22H28N4O3. The van der Waals surface area contributed by atoms with Gasteiger partial charge in [0.05, 0.1) is 18.7 Å². The number of fused-ring (bicyclic) bond motifs is 1. The molecule has 2 atom stereocenters. The molecule has 0 unspecified atom stereocenters. The molecule has 29 heavy (non-hydrogen) atoms. The number of likely N-dealkylation sites (N-methyl/N-ethyl adjacent to an activating group) is 1. The van der Waals surface area contributed by atoms with E-state index < -0.39 is 6.10 Å². The summed E-state index contributed by atoms with van der Waals surface area (Å²) < 4.78 is 5.93. The zero-order chi connectivity index (χ0) is 20.4. The lowest BCUT2D eigenvalue weighted by molar-refractivity contribution is 0.0713. The van der Waals surface area contributed by atoms with Crippen LogP contribution >= 0.6 is 0 Å². The fourth-order valence-electron chi connectivity index (χ4n) is 3.97. The van der Waals surface area contributed by atoms with E-state index in [0.717, 1.165) is 54.8 Å². The minimum absolute atomic E-state index is 0.215. The number of carbonyl (C=O) groups is 1. The number of rotatable bonds is 4. The van der Waals surface area contributed by atoms with Crippen LogP contribution in [0.2, 0.25) is 0 Å². The Bertz CT molecular complexity index is 884. The molecule has 0 bridgehead atoms. The number of carbonyl (C=O) groups excluding carboxylic acids is 1. The van der Waals surface area contributed by atoms with Gasteiger partial charge in [-0.15, -0.1) is 0 Å². The SMILES string of the molecule is Cc1ccc(Cc2cc(C(=O)N[C@H]3CCCC[C@@H]3O)nc3c2OCCN3C)cn1. The van der Waals surface area contributed by atoms with Crippen LogP contribution in [-0.4, -0.2) is 53.3 Å². The van der Waals surface area contributed by atoms with Gasteiger partial charge in [-0.3, -0.25) is 9.78 Å². The van der Waals surface area contributed by atoms with Crippen molar-refractivity contribution >= 4 is 11.7 Å². The van der Waals surface area contributed by atoms with Crippen LogP contribution < -0.4 is 15.0 Å². The molecule has 0 spiro atoms. The maximum absolute atomic E-state index is 12.9. The summed E-state index contributed by atoms with van der Waals surface area (Å²) in [4.78, 5) is 23.9. The average molecular weight is 396 g/mol. The van der Waals surface area contributed by atoms with Gasteiger partial charge in [0.25, 0.3) is 5.91 Å². The first-order valence-electron chi connectivity index (χ1n) is 10.3. The molecule has 0 aromatic carbocycles. The van der Waals surface area contributed by atoms with Crippen molar-refractivity contribution < 1.29 is 14.6 Å². The molecule has 3 heterocycles. The van der Waals surface area contributed by atoms with Gasteiger partial charge in [-0.05, 0) is 37.5 Å². The molecule has 2 aromatic rings. The number of ether oxygens (including phenoxy) is 1. The lowest BCUT2D eigenvalue weighted by Crippen LogP contribution is -2.45. The minimum atomic E-state index is -0.491. The standard InChI is InChI=1S/C22H28N4O3/c1-14-7-8-15(13-23-14)11-16-12-18(24-21-20(16)29-10-9-26(21)2)22(28)25-17-5-3-4-6-19(17)27/h7-8,12-13,17,19,27H,3-6,9-11H2,1-2H3,(H,25,28)/t17-,19-/m0/s1. The lowest BCUT2D eigenvalue weighted by Gasteiger charge is -2.30. The maximum Gasteiger partial charge on any atom is 0.270 e. The summed E-state index contributed by atoms with van der Waals surface area (Å²) >= 11 is 0. The smallest absolute Gasteiger partial charge is 0.270 e. The van der Waals surface area contributed by atoms with E-state index in [1.165, 1.54) is 0 Å². The highest BCUT2D eigenvalue weighted by Gasteiger charge is 2.28. The normalized spacial score (nSPS) is 21.3. The zero-order valence-corrected chi connectivity index (χ0v) is 17.0. The van der Waals surface area contributed by atoms with Crippen molar-refractivity contribution in [2.45, 2.75) is 51.2 Å². The van der Waals surface area contributed by atoms with Crippen LogP contribution in [0.25, 0.3) is 0 Å². The molecule has 1 saturated carbocycles. The number of nitrogens with zero attached hydrogens (tertiary/aromatic N) is 3. The van der Waals surface area contributed by atoms with Gasteiger partial charge >= 0.3 is 0 Å². The first-order valence-corrected chi connectivity index (χ1v) is 10.3. The summed E-state index contributed by atoms with van der Waals surface area (Å²) in [6, 6.07) is 5.61. The number of aromatic nitrogens is 2. The average Bonchev–Trinajstić information content (AvgIpc) is 2.72. The van der Waals surface area contributed by atoms with Crippen molar-refractivity contribution in [3.05, 3.63) is 46.9 Å². The monoisotopic (exact) mass is 396 g/mol. The molecule has 154 valence electrons. The second-order valence-corrected chi connectivity index (χ2v) is 8.01. The Hall–Kier alpha value is -2.67. The van der Waals surface area contributed by atoms with Gasteiger partial charge in [-0.1, -0.05) is 18.9 Å². The molecule has 1 amide bonds. The van der Waals surface area contributed by atoms with Crippen molar-refractivity contribution in [2.24, 2.45) is 0 Å². The van der Waals surface area contributed by atoms with E-state index in [1.54, 1.807) is 0 Å². The minimum Gasteiger partial charge on any atom is -0.488 e. The van der Waals surface area contributed by atoms with Crippen LogP contribution in [0.1, 0.15) is 53.0 Å². The van der Waals surface area contributed by atoms with E-state index in [4.69, 9.17) is 4.74 Å². The van der Waals surface area contributed by atoms with Crippen molar-refractivity contribution in [1.82, 2.24) is 15.3 Å². The van der Waals surface area contributed by atoms with Crippen molar-refractivity contribution in [3.8, 4) is 5.75 Å². The summed E-state index contributed by atoms with van der Waals surface area (Å²) in [6.45, 7) is 3.26. The number of nitrogens with one attached hydrogen (secondary N) is 1. The molecular weight excluding hydrogens is 368 g/mol. The number of amides is 1. The second-order valence-electron chi connectivity index (χ2n) is 8.01. The third-order valence-corrected chi connectivity index (χ3v) is 5.71. The molecule has 4 rings (SSSR count). The Balaban J connectivity index is 1.64. The summed E-state index contributed by atoms with van der Waals surface area (Å²) in [5.41, 5.74) is 3.29. The second kappa shape index (κ2) is 8.37. The van der Waals surface area contributed by atoms with E-state index in [0.29, 0.717) is 24.5 Å². The van der Waals surface area contributed by atoms with E-state index in [1.807, 2.05) is 43.3 Å². The third kappa shape index (κ3) is 4.34. The van der Waals surface area contributed by atoms with Gasteiger partial charge in [-0.2, -0.15) is 0 Å². The molecule has 0 saturated heterocycles. The van der Waals surface area contributed by atoms with E-state index in [-0.39, 0.29) is 11.9 Å². The summed E-state index contributed by atoms with van der Waals surface area (Å²) in [6.07, 6.45) is 5.51. The molecule has 1 fully saturated rings. The predicted octanol–water partition coefficient (Wildman–Crippen LogP) is 2.24. The van der Waals surface area contributed by atoms with E-state index in [2.05, 4.69) is 15.3 Å².